The minimum Gasteiger partial charge on any atom is -0.314 e. The van der Waals surface area contributed by atoms with E-state index < -0.39 is 0 Å². The largest absolute Gasteiger partial charge is 0.314 e. The van der Waals surface area contributed by atoms with Crippen LogP contribution < -0.4 is 10.6 Å². The summed E-state index contributed by atoms with van der Waals surface area (Å²) < 4.78 is 0. The monoisotopic (exact) mass is 141 g/mol. The zero-order valence-electron chi connectivity index (χ0n) is 6.27. The van der Waals surface area contributed by atoms with Gasteiger partial charge >= 0.3 is 0 Å². The Bertz CT molecular complexity index is 74.9. The summed E-state index contributed by atoms with van der Waals surface area (Å²) in [6, 6.07) is 0. The molecule has 1 aliphatic rings. The van der Waals surface area contributed by atoms with Crippen LogP contribution in [0.2, 0.25) is 0 Å². The zero-order valence-corrected chi connectivity index (χ0v) is 6.27. The topological polar surface area (TPSA) is 27.3 Å². The third kappa shape index (κ3) is 3.15. The van der Waals surface area contributed by atoms with Crippen LogP contribution in [-0.2, 0) is 0 Å². The summed E-state index contributed by atoms with van der Waals surface area (Å²) in [4.78, 5) is 1.84. The van der Waals surface area contributed by atoms with Gasteiger partial charge in [-0.1, -0.05) is 0 Å². The van der Waals surface area contributed by atoms with Crippen LogP contribution in [-0.4, -0.2) is 44.2 Å². The lowest BCUT2D eigenvalue weighted by molar-refractivity contribution is 0.376. The molecule has 1 fully saturated rings. The van der Waals surface area contributed by atoms with Gasteiger partial charge in [-0.05, 0) is 0 Å². The van der Waals surface area contributed by atoms with Gasteiger partial charge in [0.2, 0.25) is 0 Å². The minimum atomic E-state index is 0.946. The molecule has 1 saturated heterocycles. The fraction of sp³-hybridized carbons (Fsp3) is 0.857. The van der Waals surface area contributed by atoms with Gasteiger partial charge < -0.3 is 10.6 Å². The second-order valence-corrected chi connectivity index (χ2v) is 2.54. The Labute approximate surface area is 62.8 Å². The fourth-order valence-electron chi connectivity index (χ4n) is 0.984. The average Bonchev–Trinajstić information content (AvgIpc) is 2.02. The first kappa shape index (κ1) is 7.98. The van der Waals surface area contributed by atoms with Gasteiger partial charge in [-0.3, -0.25) is 4.90 Å². The summed E-state index contributed by atoms with van der Waals surface area (Å²) in [7, 11) is 5.63. The molecule has 1 aliphatic heterocycles. The molecular weight excluding hydrogens is 126 g/mol. The predicted octanol–water partition coefficient (Wildman–Crippen LogP) is -0.850. The Kier molecular flexibility index (Phi) is 3.72. The summed E-state index contributed by atoms with van der Waals surface area (Å²) in [5.41, 5.74) is 0. The maximum Gasteiger partial charge on any atom is 0.0439 e. The van der Waals surface area contributed by atoms with Crippen LogP contribution in [0.3, 0.4) is 0 Å². The van der Waals surface area contributed by atoms with Crippen LogP contribution in [0, 0.1) is 7.05 Å². The lowest BCUT2D eigenvalue weighted by Crippen LogP contribution is -2.28. The molecule has 58 valence electrons. The Hall–Kier alpha value is -0.120. The van der Waals surface area contributed by atoms with E-state index in [-0.39, 0.29) is 0 Å². The SMILES string of the molecule is [CH]N1CCNCCNCC1. The summed E-state index contributed by atoms with van der Waals surface area (Å²) >= 11 is 0. The van der Waals surface area contributed by atoms with E-state index in [4.69, 9.17) is 7.05 Å². The van der Waals surface area contributed by atoms with Crippen molar-refractivity contribution < 1.29 is 0 Å². The number of rotatable bonds is 0. The molecule has 2 N–H and O–H groups in total. The number of nitrogens with one attached hydrogen (secondary N) is 2. The van der Waals surface area contributed by atoms with Crippen molar-refractivity contribution in [2.45, 2.75) is 0 Å². The molecule has 0 saturated carbocycles. The van der Waals surface area contributed by atoms with Crippen LogP contribution in [0.15, 0.2) is 0 Å². The predicted molar refractivity (Wildman–Crippen MR) is 41.6 cm³/mol. The van der Waals surface area contributed by atoms with Crippen molar-refractivity contribution in [1.29, 1.82) is 0 Å². The van der Waals surface area contributed by atoms with Gasteiger partial charge in [0.25, 0.3) is 0 Å². The maximum atomic E-state index is 5.63. The first-order valence-corrected chi connectivity index (χ1v) is 3.80. The van der Waals surface area contributed by atoms with E-state index in [1.807, 2.05) is 4.90 Å². The molecule has 1 heterocycles. The van der Waals surface area contributed by atoms with E-state index in [0.29, 0.717) is 0 Å². The highest BCUT2D eigenvalue weighted by Crippen LogP contribution is 1.82. The number of hydrogen-bond acceptors (Lipinski definition) is 3. The Morgan fingerprint density at radius 3 is 1.90 bits per heavy atom. The van der Waals surface area contributed by atoms with Crippen LogP contribution in [0.5, 0.6) is 0 Å². The number of hydrogen-bond donors (Lipinski definition) is 2. The summed E-state index contributed by atoms with van der Waals surface area (Å²) in [5.74, 6) is 0. The van der Waals surface area contributed by atoms with Crippen LogP contribution >= 0.6 is 0 Å². The Morgan fingerprint density at radius 1 is 0.900 bits per heavy atom. The average molecular weight is 141 g/mol. The maximum absolute atomic E-state index is 5.63. The quantitative estimate of drug-likeness (QED) is 0.460. The van der Waals surface area contributed by atoms with Crippen LogP contribution in [0.25, 0.3) is 0 Å². The van der Waals surface area contributed by atoms with Crippen LogP contribution in [0.4, 0.5) is 0 Å². The molecule has 0 aromatic rings. The highest BCUT2D eigenvalue weighted by Gasteiger charge is 1.99. The van der Waals surface area contributed by atoms with Crippen LogP contribution in [0.1, 0.15) is 0 Å². The molecule has 0 unspecified atom stereocenters. The molecule has 0 bridgehead atoms. The third-order valence-electron chi connectivity index (χ3n) is 1.63. The first-order valence-electron chi connectivity index (χ1n) is 3.80. The van der Waals surface area contributed by atoms with E-state index >= 15 is 0 Å². The van der Waals surface area contributed by atoms with Gasteiger partial charge in [0, 0.05) is 46.3 Å². The third-order valence-corrected chi connectivity index (χ3v) is 1.63. The smallest absolute Gasteiger partial charge is 0.0439 e. The Balaban J connectivity index is 2.15. The van der Waals surface area contributed by atoms with Crippen molar-refractivity contribution in [3.63, 3.8) is 0 Å². The highest BCUT2D eigenvalue weighted by molar-refractivity contribution is 4.63. The Morgan fingerprint density at radius 2 is 1.40 bits per heavy atom. The lowest BCUT2D eigenvalue weighted by atomic mass is 10.5. The van der Waals surface area contributed by atoms with Crippen molar-refractivity contribution in [3.05, 3.63) is 7.05 Å². The summed E-state index contributed by atoms with van der Waals surface area (Å²) in [6.45, 7) is 5.99. The molecule has 0 atom stereocenters. The van der Waals surface area contributed by atoms with Gasteiger partial charge in [-0.25, -0.2) is 0 Å². The second kappa shape index (κ2) is 4.66. The van der Waals surface area contributed by atoms with E-state index in [2.05, 4.69) is 10.6 Å². The molecule has 0 aliphatic carbocycles. The second-order valence-electron chi connectivity index (χ2n) is 2.54. The minimum absolute atomic E-state index is 0.946. The highest BCUT2D eigenvalue weighted by atomic mass is 15.1. The van der Waals surface area contributed by atoms with Gasteiger partial charge in [0.15, 0.2) is 0 Å². The van der Waals surface area contributed by atoms with E-state index in [1.165, 1.54) is 0 Å². The summed E-state index contributed by atoms with van der Waals surface area (Å²) in [6.07, 6.45) is 0. The molecule has 0 amide bonds. The zero-order chi connectivity index (χ0) is 7.23. The van der Waals surface area contributed by atoms with Gasteiger partial charge in [-0.2, -0.15) is 0 Å². The van der Waals surface area contributed by atoms with E-state index in [9.17, 15) is 0 Å². The molecule has 0 spiro atoms. The fourth-order valence-corrected chi connectivity index (χ4v) is 0.984. The van der Waals surface area contributed by atoms with Crippen molar-refractivity contribution in [3.8, 4) is 0 Å². The molecule has 3 heteroatoms. The van der Waals surface area contributed by atoms with E-state index in [0.717, 1.165) is 39.3 Å². The summed E-state index contributed by atoms with van der Waals surface area (Å²) in [5, 5.41) is 6.55. The molecule has 10 heavy (non-hydrogen) atoms. The molecule has 1 rings (SSSR count). The van der Waals surface area contributed by atoms with Crippen molar-refractivity contribution >= 4 is 0 Å². The molecule has 0 aromatic heterocycles. The van der Waals surface area contributed by atoms with Crippen molar-refractivity contribution in [2.75, 3.05) is 39.3 Å². The molecule has 2 radical (unpaired) electrons. The van der Waals surface area contributed by atoms with Crippen molar-refractivity contribution in [2.24, 2.45) is 0 Å². The first-order chi connectivity index (χ1) is 4.89. The van der Waals surface area contributed by atoms with Gasteiger partial charge in [0.05, 0.1) is 0 Å². The van der Waals surface area contributed by atoms with Crippen molar-refractivity contribution in [1.82, 2.24) is 15.5 Å². The molecular formula is C7H15N3. The standard InChI is InChI=1S/C7H15N3/c1-10-6-4-8-2-3-9-5-7-10/h1,8-9H,2-7H2. The van der Waals surface area contributed by atoms with E-state index in [1.54, 1.807) is 0 Å². The van der Waals surface area contributed by atoms with Gasteiger partial charge in [0.1, 0.15) is 0 Å². The lowest BCUT2D eigenvalue weighted by Gasteiger charge is -2.13. The normalized spacial score (nSPS) is 24.9. The molecule has 0 aromatic carbocycles. The van der Waals surface area contributed by atoms with Gasteiger partial charge in [-0.15, -0.1) is 0 Å². The molecule has 3 nitrogen and oxygen atoms in total. The number of nitrogens with zero attached hydrogens (tertiary/aromatic N) is 1.